The van der Waals surface area contributed by atoms with Crippen LogP contribution < -0.4 is 10.9 Å². The van der Waals surface area contributed by atoms with Crippen LogP contribution in [0.2, 0.25) is 5.02 Å². The summed E-state index contributed by atoms with van der Waals surface area (Å²) in [6.45, 7) is 2.77. The molecule has 1 amide bonds. The molecule has 0 fully saturated rings. The molecule has 1 unspecified atom stereocenters. The third-order valence-corrected chi connectivity index (χ3v) is 6.61. The van der Waals surface area contributed by atoms with E-state index >= 15 is 0 Å². The van der Waals surface area contributed by atoms with Gasteiger partial charge in [-0.25, -0.2) is 4.98 Å². The molecular formula is C25H24ClN3O3S. The van der Waals surface area contributed by atoms with E-state index in [1.807, 2.05) is 42.5 Å². The van der Waals surface area contributed by atoms with E-state index in [1.54, 1.807) is 36.8 Å². The molecule has 33 heavy (non-hydrogen) atoms. The van der Waals surface area contributed by atoms with Crippen LogP contribution in [0.1, 0.15) is 13.3 Å². The number of carbonyl (C=O) groups excluding carboxylic acids is 1. The van der Waals surface area contributed by atoms with Gasteiger partial charge in [-0.2, -0.15) is 0 Å². The molecule has 1 atom stereocenters. The molecule has 0 bridgehead atoms. The van der Waals surface area contributed by atoms with Crippen LogP contribution in [0.4, 0.5) is 5.69 Å². The molecule has 8 heteroatoms. The quantitative estimate of drug-likeness (QED) is 0.208. The van der Waals surface area contributed by atoms with E-state index in [4.69, 9.17) is 16.3 Å². The molecule has 1 aromatic heterocycles. The monoisotopic (exact) mass is 481 g/mol. The average Bonchev–Trinajstić information content (AvgIpc) is 2.80. The van der Waals surface area contributed by atoms with Crippen LogP contribution in [0.25, 0.3) is 21.7 Å². The Kier molecular flexibility index (Phi) is 7.33. The molecule has 4 aromatic rings. The van der Waals surface area contributed by atoms with Crippen LogP contribution in [-0.4, -0.2) is 34.4 Å². The Hall–Kier alpha value is -2.87. The normalized spacial score (nSPS) is 12.2. The Morgan fingerprint density at radius 3 is 2.73 bits per heavy atom. The number of fused-ring (bicyclic) bond motifs is 2. The van der Waals surface area contributed by atoms with E-state index in [-0.39, 0.29) is 11.5 Å². The van der Waals surface area contributed by atoms with E-state index in [1.165, 1.54) is 11.8 Å². The van der Waals surface area contributed by atoms with E-state index in [0.717, 1.165) is 16.5 Å². The van der Waals surface area contributed by atoms with Crippen LogP contribution in [0, 0.1) is 0 Å². The number of thioether (sulfide) groups is 1. The predicted molar refractivity (Wildman–Crippen MR) is 135 cm³/mol. The first-order valence-corrected chi connectivity index (χ1v) is 11.9. The molecule has 1 N–H and O–H groups in total. The summed E-state index contributed by atoms with van der Waals surface area (Å²) < 4.78 is 6.75. The number of nitrogens with one attached hydrogen (secondary N) is 1. The maximum atomic E-state index is 13.1. The zero-order valence-electron chi connectivity index (χ0n) is 18.4. The molecule has 0 saturated carbocycles. The van der Waals surface area contributed by atoms with Crippen molar-refractivity contribution in [1.29, 1.82) is 0 Å². The number of nitrogens with zero attached hydrogens (tertiary/aromatic N) is 2. The van der Waals surface area contributed by atoms with Gasteiger partial charge in [-0.3, -0.25) is 14.2 Å². The number of aromatic nitrogens is 2. The van der Waals surface area contributed by atoms with Crippen molar-refractivity contribution in [3.05, 3.63) is 76.0 Å². The first-order chi connectivity index (χ1) is 16.0. The summed E-state index contributed by atoms with van der Waals surface area (Å²) in [5.74, 6) is -0.167. The van der Waals surface area contributed by atoms with Gasteiger partial charge in [0.05, 0.1) is 16.2 Å². The molecule has 0 radical (unpaired) electrons. The summed E-state index contributed by atoms with van der Waals surface area (Å²) in [4.78, 5) is 30.8. The van der Waals surface area contributed by atoms with Gasteiger partial charge in [-0.1, -0.05) is 53.7 Å². The van der Waals surface area contributed by atoms with Crippen LogP contribution in [0.3, 0.4) is 0 Å². The van der Waals surface area contributed by atoms with Gasteiger partial charge in [0.15, 0.2) is 5.16 Å². The number of ether oxygens (including phenoxy) is 1. The molecule has 1 heterocycles. The number of hydrogen-bond acceptors (Lipinski definition) is 5. The molecule has 0 aliphatic rings. The number of carbonyl (C=O) groups is 1. The standard InChI is InChI=1S/C25H24ClN3O3S/c1-16(23(30)27-20-10-8-17-6-3-4-7-18(17)14-20)33-25-28-22-15-19(26)9-11-21(22)24(31)29(25)12-5-13-32-2/h3-4,6-11,14-16H,5,12-13H2,1-2H3,(H,27,30). The van der Waals surface area contributed by atoms with Gasteiger partial charge in [0.25, 0.3) is 5.56 Å². The first kappa shape index (κ1) is 23.3. The molecule has 0 spiro atoms. The van der Waals surface area contributed by atoms with Gasteiger partial charge in [0, 0.05) is 31.0 Å². The van der Waals surface area contributed by atoms with Gasteiger partial charge < -0.3 is 10.1 Å². The van der Waals surface area contributed by atoms with Gasteiger partial charge in [-0.15, -0.1) is 0 Å². The lowest BCUT2D eigenvalue weighted by atomic mass is 10.1. The second-order valence-electron chi connectivity index (χ2n) is 7.67. The minimum atomic E-state index is -0.478. The molecular weight excluding hydrogens is 458 g/mol. The Morgan fingerprint density at radius 1 is 1.15 bits per heavy atom. The first-order valence-electron chi connectivity index (χ1n) is 10.6. The number of anilines is 1. The van der Waals surface area contributed by atoms with Crippen molar-refractivity contribution >= 4 is 56.6 Å². The predicted octanol–water partition coefficient (Wildman–Crippen LogP) is 5.36. The maximum absolute atomic E-state index is 13.1. The smallest absolute Gasteiger partial charge is 0.262 e. The number of hydrogen-bond donors (Lipinski definition) is 1. The zero-order chi connectivity index (χ0) is 23.4. The zero-order valence-corrected chi connectivity index (χ0v) is 19.9. The van der Waals surface area contributed by atoms with E-state index < -0.39 is 5.25 Å². The van der Waals surface area contributed by atoms with E-state index in [0.29, 0.717) is 40.7 Å². The number of methoxy groups -OCH3 is 1. The molecule has 3 aromatic carbocycles. The number of rotatable bonds is 8. The van der Waals surface area contributed by atoms with Crippen molar-refractivity contribution in [3.8, 4) is 0 Å². The summed E-state index contributed by atoms with van der Waals surface area (Å²) in [7, 11) is 1.62. The summed E-state index contributed by atoms with van der Waals surface area (Å²) in [6.07, 6.45) is 0.655. The molecule has 6 nitrogen and oxygen atoms in total. The fourth-order valence-corrected chi connectivity index (χ4v) is 4.65. The molecule has 0 aliphatic carbocycles. The average molecular weight is 482 g/mol. The second-order valence-corrected chi connectivity index (χ2v) is 9.41. The van der Waals surface area contributed by atoms with Crippen LogP contribution in [-0.2, 0) is 16.1 Å². The number of benzene rings is 3. The van der Waals surface area contributed by atoms with Gasteiger partial charge in [0.1, 0.15) is 0 Å². The van der Waals surface area contributed by atoms with Gasteiger partial charge in [0.2, 0.25) is 5.91 Å². The molecule has 4 rings (SSSR count). The Balaban J connectivity index is 1.59. The number of halogens is 1. The summed E-state index contributed by atoms with van der Waals surface area (Å²) in [5, 5.41) is 6.13. The van der Waals surface area contributed by atoms with Crippen molar-refractivity contribution in [2.45, 2.75) is 30.3 Å². The molecule has 0 aliphatic heterocycles. The highest BCUT2D eigenvalue weighted by atomic mass is 35.5. The van der Waals surface area contributed by atoms with Crippen LogP contribution >= 0.6 is 23.4 Å². The van der Waals surface area contributed by atoms with Crippen molar-refractivity contribution < 1.29 is 9.53 Å². The molecule has 0 saturated heterocycles. The molecule has 170 valence electrons. The minimum absolute atomic E-state index is 0.155. The maximum Gasteiger partial charge on any atom is 0.262 e. The summed E-state index contributed by atoms with van der Waals surface area (Å²) in [6, 6.07) is 18.8. The van der Waals surface area contributed by atoms with E-state index in [2.05, 4.69) is 10.3 Å². The third kappa shape index (κ3) is 5.38. The summed E-state index contributed by atoms with van der Waals surface area (Å²) in [5.41, 5.74) is 1.08. The largest absolute Gasteiger partial charge is 0.385 e. The lowest BCUT2D eigenvalue weighted by Gasteiger charge is -2.16. The Labute approximate surface area is 200 Å². The van der Waals surface area contributed by atoms with Gasteiger partial charge in [-0.05, 0) is 54.4 Å². The van der Waals surface area contributed by atoms with Crippen molar-refractivity contribution in [2.24, 2.45) is 0 Å². The third-order valence-electron chi connectivity index (χ3n) is 5.28. The van der Waals surface area contributed by atoms with Crippen molar-refractivity contribution in [2.75, 3.05) is 19.0 Å². The lowest BCUT2D eigenvalue weighted by molar-refractivity contribution is -0.115. The fourth-order valence-electron chi connectivity index (χ4n) is 3.55. The van der Waals surface area contributed by atoms with Crippen molar-refractivity contribution in [3.63, 3.8) is 0 Å². The topological polar surface area (TPSA) is 73.2 Å². The highest BCUT2D eigenvalue weighted by Crippen LogP contribution is 2.26. The minimum Gasteiger partial charge on any atom is -0.385 e. The van der Waals surface area contributed by atoms with Crippen molar-refractivity contribution in [1.82, 2.24) is 9.55 Å². The SMILES string of the molecule is COCCCn1c(SC(C)C(=O)Nc2ccc3ccccc3c2)nc2cc(Cl)ccc2c1=O. The highest BCUT2D eigenvalue weighted by molar-refractivity contribution is 8.00. The Bertz CT molecular complexity index is 1370. The van der Waals surface area contributed by atoms with Crippen LogP contribution in [0.15, 0.2) is 70.6 Å². The van der Waals surface area contributed by atoms with Crippen LogP contribution in [0.5, 0.6) is 0 Å². The van der Waals surface area contributed by atoms with E-state index in [9.17, 15) is 9.59 Å². The fraction of sp³-hybridized carbons (Fsp3) is 0.240. The second kappa shape index (κ2) is 10.4. The lowest BCUT2D eigenvalue weighted by Crippen LogP contribution is -2.27. The van der Waals surface area contributed by atoms with Gasteiger partial charge >= 0.3 is 0 Å². The Morgan fingerprint density at radius 2 is 1.94 bits per heavy atom. The number of amides is 1. The summed E-state index contributed by atoms with van der Waals surface area (Å²) >= 11 is 7.37. The highest BCUT2D eigenvalue weighted by Gasteiger charge is 2.20.